The van der Waals surface area contributed by atoms with Crippen LogP contribution in [0.15, 0.2) is 12.3 Å². The minimum absolute atomic E-state index is 0.0514. The molecule has 2 heterocycles. The number of nitrogens with one attached hydrogen (secondary N) is 1. The van der Waals surface area contributed by atoms with Crippen LogP contribution in [0.25, 0.3) is 0 Å². The highest BCUT2D eigenvalue weighted by Crippen LogP contribution is 2.32. The molecule has 5 heteroatoms. The lowest BCUT2D eigenvalue weighted by molar-refractivity contribution is 0.102. The monoisotopic (exact) mass is 317 g/mol. The zero-order chi connectivity index (χ0) is 15.7. The van der Waals surface area contributed by atoms with E-state index in [2.05, 4.69) is 28.7 Å². The number of aromatic nitrogens is 2. The SMILES string of the molecule is Cc1cnc(NC(=O)c2cc(C)n(C3CCCCC3)c2C)s1. The average Bonchev–Trinajstić information content (AvgIpc) is 3.03. The van der Waals surface area contributed by atoms with Gasteiger partial charge in [-0.05, 0) is 39.7 Å². The molecule has 2 aromatic heterocycles. The summed E-state index contributed by atoms with van der Waals surface area (Å²) in [6, 6.07) is 2.57. The molecule has 3 rings (SSSR count). The summed E-state index contributed by atoms with van der Waals surface area (Å²) in [5.74, 6) is -0.0514. The fourth-order valence-corrected chi connectivity index (χ4v) is 4.14. The number of hydrogen-bond donors (Lipinski definition) is 1. The Morgan fingerprint density at radius 1 is 1.27 bits per heavy atom. The van der Waals surface area contributed by atoms with Crippen molar-refractivity contribution in [2.24, 2.45) is 0 Å². The zero-order valence-corrected chi connectivity index (χ0v) is 14.3. The van der Waals surface area contributed by atoms with Gasteiger partial charge in [-0.25, -0.2) is 4.98 Å². The second kappa shape index (κ2) is 6.24. The van der Waals surface area contributed by atoms with Gasteiger partial charge in [-0.15, -0.1) is 11.3 Å². The Bertz CT molecular complexity index is 680. The maximum atomic E-state index is 12.5. The molecule has 1 N–H and O–H groups in total. The van der Waals surface area contributed by atoms with Crippen molar-refractivity contribution in [3.8, 4) is 0 Å². The van der Waals surface area contributed by atoms with Gasteiger partial charge in [0.25, 0.3) is 5.91 Å². The first-order valence-corrected chi connectivity index (χ1v) is 8.80. The van der Waals surface area contributed by atoms with Gasteiger partial charge in [0, 0.05) is 28.5 Å². The lowest BCUT2D eigenvalue weighted by Crippen LogP contribution is -2.17. The van der Waals surface area contributed by atoms with E-state index >= 15 is 0 Å². The van der Waals surface area contributed by atoms with Crippen LogP contribution in [0.4, 0.5) is 5.13 Å². The van der Waals surface area contributed by atoms with E-state index in [0.29, 0.717) is 11.2 Å². The summed E-state index contributed by atoms with van der Waals surface area (Å²) in [5.41, 5.74) is 3.04. The van der Waals surface area contributed by atoms with E-state index in [-0.39, 0.29) is 5.91 Å². The molecule has 1 fully saturated rings. The first kappa shape index (κ1) is 15.3. The summed E-state index contributed by atoms with van der Waals surface area (Å²) in [4.78, 5) is 17.8. The van der Waals surface area contributed by atoms with Crippen molar-refractivity contribution < 1.29 is 4.79 Å². The second-order valence-electron chi connectivity index (χ2n) is 6.18. The van der Waals surface area contributed by atoms with Gasteiger partial charge >= 0.3 is 0 Å². The molecule has 0 aliphatic heterocycles. The fraction of sp³-hybridized carbons (Fsp3) is 0.529. The van der Waals surface area contributed by atoms with Crippen molar-refractivity contribution >= 4 is 22.4 Å². The Labute approximate surface area is 135 Å². The smallest absolute Gasteiger partial charge is 0.259 e. The number of nitrogens with zero attached hydrogens (tertiary/aromatic N) is 2. The lowest BCUT2D eigenvalue weighted by Gasteiger charge is -2.26. The molecule has 2 aromatic rings. The van der Waals surface area contributed by atoms with E-state index in [9.17, 15) is 4.79 Å². The summed E-state index contributed by atoms with van der Waals surface area (Å²) in [5, 5.41) is 3.59. The lowest BCUT2D eigenvalue weighted by atomic mass is 9.95. The summed E-state index contributed by atoms with van der Waals surface area (Å²) in [6.07, 6.45) is 8.16. The quantitative estimate of drug-likeness (QED) is 0.897. The highest BCUT2D eigenvalue weighted by molar-refractivity contribution is 7.15. The Morgan fingerprint density at radius 3 is 2.64 bits per heavy atom. The minimum atomic E-state index is -0.0514. The largest absolute Gasteiger partial charge is 0.345 e. The van der Waals surface area contributed by atoms with Gasteiger partial charge in [0.1, 0.15) is 0 Å². The molecule has 4 nitrogen and oxygen atoms in total. The molecule has 0 spiro atoms. The summed E-state index contributed by atoms with van der Waals surface area (Å²) < 4.78 is 2.36. The molecule has 0 unspecified atom stereocenters. The van der Waals surface area contributed by atoms with E-state index in [0.717, 1.165) is 16.1 Å². The summed E-state index contributed by atoms with van der Waals surface area (Å²) in [6.45, 7) is 6.15. The molecular formula is C17H23N3OS. The second-order valence-corrected chi connectivity index (χ2v) is 7.41. The van der Waals surface area contributed by atoms with Crippen LogP contribution in [0.1, 0.15) is 64.8 Å². The number of hydrogen-bond acceptors (Lipinski definition) is 3. The fourth-order valence-electron chi connectivity index (χ4n) is 3.49. The number of thiazole rings is 1. The molecule has 0 atom stereocenters. The molecule has 1 aliphatic carbocycles. The number of anilines is 1. The van der Waals surface area contributed by atoms with Crippen molar-refractivity contribution in [3.05, 3.63) is 34.1 Å². The van der Waals surface area contributed by atoms with Crippen LogP contribution in [0.3, 0.4) is 0 Å². The Balaban J connectivity index is 1.83. The third-order valence-corrected chi connectivity index (χ3v) is 5.34. The number of amides is 1. The van der Waals surface area contributed by atoms with Gasteiger partial charge in [0.15, 0.2) is 5.13 Å². The predicted molar refractivity (Wildman–Crippen MR) is 90.8 cm³/mol. The Morgan fingerprint density at radius 2 is 2.00 bits per heavy atom. The van der Waals surface area contributed by atoms with Gasteiger partial charge in [0.05, 0.1) is 5.56 Å². The summed E-state index contributed by atoms with van der Waals surface area (Å²) >= 11 is 1.51. The average molecular weight is 317 g/mol. The predicted octanol–water partition coefficient (Wildman–Crippen LogP) is 4.63. The van der Waals surface area contributed by atoms with Gasteiger partial charge in [0.2, 0.25) is 0 Å². The number of aryl methyl sites for hydroxylation is 2. The van der Waals surface area contributed by atoms with Crippen molar-refractivity contribution in [2.75, 3.05) is 5.32 Å². The van der Waals surface area contributed by atoms with Crippen LogP contribution in [0.5, 0.6) is 0 Å². The highest BCUT2D eigenvalue weighted by atomic mass is 32.1. The van der Waals surface area contributed by atoms with Crippen LogP contribution in [-0.2, 0) is 0 Å². The molecule has 118 valence electrons. The van der Waals surface area contributed by atoms with Crippen LogP contribution in [0.2, 0.25) is 0 Å². The number of carbonyl (C=O) groups is 1. The zero-order valence-electron chi connectivity index (χ0n) is 13.5. The van der Waals surface area contributed by atoms with E-state index < -0.39 is 0 Å². The van der Waals surface area contributed by atoms with Crippen molar-refractivity contribution in [2.45, 2.75) is 58.9 Å². The first-order chi connectivity index (χ1) is 10.6. The van der Waals surface area contributed by atoms with Crippen LogP contribution < -0.4 is 5.32 Å². The van der Waals surface area contributed by atoms with Crippen molar-refractivity contribution in [3.63, 3.8) is 0 Å². The number of rotatable bonds is 3. The molecule has 1 aliphatic rings. The normalized spacial score (nSPS) is 16.0. The van der Waals surface area contributed by atoms with Gasteiger partial charge < -0.3 is 4.57 Å². The van der Waals surface area contributed by atoms with E-state index in [1.54, 1.807) is 6.20 Å². The minimum Gasteiger partial charge on any atom is -0.345 e. The first-order valence-electron chi connectivity index (χ1n) is 7.98. The molecule has 0 bridgehead atoms. The van der Waals surface area contributed by atoms with E-state index in [4.69, 9.17) is 0 Å². The molecule has 0 saturated heterocycles. The van der Waals surface area contributed by atoms with Crippen LogP contribution in [0, 0.1) is 20.8 Å². The highest BCUT2D eigenvalue weighted by Gasteiger charge is 2.22. The van der Waals surface area contributed by atoms with Gasteiger partial charge in [-0.3, -0.25) is 10.1 Å². The third kappa shape index (κ3) is 2.95. The summed E-state index contributed by atoms with van der Waals surface area (Å²) in [7, 11) is 0. The molecular weight excluding hydrogens is 294 g/mol. The molecule has 1 saturated carbocycles. The maximum absolute atomic E-state index is 12.5. The topological polar surface area (TPSA) is 46.9 Å². The van der Waals surface area contributed by atoms with Crippen molar-refractivity contribution in [1.82, 2.24) is 9.55 Å². The standard InChI is InChI=1S/C17H23N3OS/c1-11-9-15(16(21)19-17-18-10-12(2)22-17)13(3)20(11)14-7-5-4-6-8-14/h9-10,14H,4-8H2,1-3H3,(H,18,19,21). The van der Waals surface area contributed by atoms with E-state index in [1.165, 1.54) is 49.1 Å². The molecule has 0 radical (unpaired) electrons. The Hall–Kier alpha value is -1.62. The molecule has 1 amide bonds. The third-order valence-electron chi connectivity index (χ3n) is 4.51. The Kier molecular flexibility index (Phi) is 4.34. The van der Waals surface area contributed by atoms with E-state index in [1.807, 2.05) is 13.0 Å². The maximum Gasteiger partial charge on any atom is 0.259 e. The van der Waals surface area contributed by atoms with Gasteiger partial charge in [-0.1, -0.05) is 19.3 Å². The van der Waals surface area contributed by atoms with Crippen LogP contribution in [-0.4, -0.2) is 15.5 Å². The number of carbonyl (C=O) groups excluding carboxylic acids is 1. The van der Waals surface area contributed by atoms with Crippen molar-refractivity contribution in [1.29, 1.82) is 0 Å². The molecule has 22 heavy (non-hydrogen) atoms. The molecule has 0 aromatic carbocycles. The van der Waals surface area contributed by atoms with Crippen LogP contribution >= 0.6 is 11.3 Å². The van der Waals surface area contributed by atoms with Gasteiger partial charge in [-0.2, -0.15) is 0 Å².